The number of aromatic nitrogens is 3. The third kappa shape index (κ3) is 2.65. The monoisotopic (exact) mass is 286 g/mol. The Labute approximate surface area is 125 Å². The van der Waals surface area contributed by atoms with E-state index in [0.717, 1.165) is 12.4 Å². The Hall–Kier alpha value is -1.88. The number of rotatable bonds is 3. The van der Waals surface area contributed by atoms with Crippen molar-refractivity contribution in [3.05, 3.63) is 41.2 Å². The van der Waals surface area contributed by atoms with Crippen molar-refractivity contribution in [1.29, 1.82) is 0 Å². The summed E-state index contributed by atoms with van der Waals surface area (Å²) < 4.78 is 1.90. The molecule has 1 aromatic heterocycles. The molecule has 0 bridgehead atoms. The van der Waals surface area contributed by atoms with Crippen molar-refractivity contribution in [2.45, 2.75) is 51.8 Å². The summed E-state index contributed by atoms with van der Waals surface area (Å²) in [5.74, 6) is 1.75. The lowest BCUT2D eigenvalue weighted by Crippen LogP contribution is -2.31. The summed E-state index contributed by atoms with van der Waals surface area (Å²) in [4.78, 5) is 4.33. The highest BCUT2D eigenvalue weighted by atomic mass is 16.3. The van der Waals surface area contributed by atoms with Gasteiger partial charge in [0, 0.05) is 6.04 Å². The van der Waals surface area contributed by atoms with E-state index >= 15 is 0 Å². The molecule has 112 valence electrons. The van der Waals surface area contributed by atoms with Crippen LogP contribution in [0.25, 0.3) is 0 Å². The molecule has 21 heavy (non-hydrogen) atoms. The van der Waals surface area contributed by atoms with Crippen LogP contribution in [0.1, 0.15) is 56.1 Å². The molecule has 0 spiro atoms. The topological polar surface area (TPSA) is 63.0 Å². The third-order valence-electron chi connectivity index (χ3n) is 4.05. The van der Waals surface area contributed by atoms with Crippen molar-refractivity contribution in [3.8, 4) is 0 Å². The van der Waals surface area contributed by atoms with E-state index in [1.165, 1.54) is 11.1 Å². The van der Waals surface area contributed by atoms with Gasteiger partial charge in [0.1, 0.15) is 6.61 Å². The molecule has 1 aromatic carbocycles. The zero-order chi connectivity index (χ0) is 15.0. The predicted molar refractivity (Wildman–Crippen MR) is 82.3 cm³/mol. The van der Waals surface area contributed by atoms with Crippen LogP contribution in [0.5, 0.6) is 0 Å². The van der Waals surface area contributed by atoms with Crippen LogP contribution < -0.4 is 5.32 Å². The molecule has 0 radical (unpaired) electrons. The number of nitrogens with one attached hydrogen (secondary N) is 1. The van der Waals surface area contributed by atoms with Gasteiger partial charge in [-0.3, -0.25) is 0 Å². The van der Waals surface area contributed by atoms with Crippen molar-refractivity contribution in [2.24, 2.45) is 0 Å². The standard InChI is InChI=1S/C16H22N4O/c1-10(2)12-4-6-13(7-5-12)14-8-11(3)17-16-18-15(9-21)19-20(14)16/h4-7,10-11,14,21H,8-9H2,1-3H3,(H,17,18,19)/t11-,14+/m1/s1. The van der Waals surface area contributed by atoms with Crippen LogP contribution in [0, 0.1) is 0 Å². The maximum atomic E-state index is 9.24. The van der Waals surface area contributed by atoms with Crippen molar-refractivity contribution in [3.63, 3.8) is 0 Å². The summed E-state index contributed by atoms with van der Waals surface area (Å²) >= 11 is 0. The van der Waals surface area contributed by atoms with Crippen molar-refractivity contribution in [1.82, 2.24) is 14.8 Å². The lowest BCUT2D eigenvalue weighted by Gasteiger charge is -2.29. The fourth-order valence-corrected chi connectivity index (χ4v) is 2.84. The Morgan fingerprint density at radius 3 is 2.67 bits per heavy atom. The second kappa shape index (κ2) is 5.48. The molecule has 0 saturated carbocycles. The van der Waals surface area contributed by atoms with Crippen LogP contribution in [0.15, 0.2) is 24.3 Å². The van der Waals surface area contributed by atoms with E-state index in [4.69, 9.17) is 0 Å². The summed E-state index contributed by atoms with van der Waals surface area (Å²) in [5.41, 5.74) is 2.58. The van der Waals surface area contributed by atoms with Gasteiger partial charge in [0.05, 0.1) is 6.04 Å². The molecule has 0 aliphatic carbocycles. The molecule has 0 fully saturated rings. The normalized spacial score (nSPS) is 21.2. The Morgan fingerprint density at radius 2 is 2.05 bits per heavy atom. The predicted octanol–water partition coefficient (Wildman–Crippen LogP) is 2.69. The van der Waals surface area contributed by atoms with Gasteiger partial charge in [0.15, 0.2) is 5.82 Å². The van der Waals surface area contributed by atoms with Crippen molar-refractivity contribution < 1.29 is 5.11 Å². The fourth-order valence-electron chi connectivity index (χ4n) is 2.84. The van der Waals surface area contributed by atoms with Gasteiger partial charge in [0.25, 0.3) is 0 Å². The van der Waals surface area contributed by atoms with Gasteiger partial charge in [0.2, 0.25) is 5.95 Å². The Balaban J connectivity index is 1.96. The van der Waals surface area contributed by atoms with Gasteiger partial charge >= 0.3 is 0 Å². The fraction of sp³-hybridized carbons (Fsp3) is 0.500. The number of nitrogens with zero attached hydrogens (tertiary/aromatic N) is 3. The van der Waals surface area contributed by atoms with Gasteiger partial charge in [-0.1, -0.05) is 38.1 Å². The summed E-state index contributed by atoms with van der Waals surface area (Å²) in [5, 5.41) is 17.0. The third-order valence-corrected chi connectivity index (χ3v) is 4.05. The molecule has 0 amide bonds. The van der Waals surface area contributed by atoms with E-state index in [0.29, 0.717) is 17.8 Å². The van der Waals surface area contributed by atoms with Crippen molar-refractivity contribution >= 4 is 5.95 Å². The molecule has 1 aliphatic rings. The van der Waals surface area contributed by atoms with Gasteiger partial charge in [-0.05, 0) is 30.4 Å². The number of anilines is 1. The molecule has 0 unspecified atom stereocenters. The second-order valence-corrected chi connectivity index (χ2v) is 6.07. The largest absolute Gasteiger partial charge is 0.388 e. The zero-order valence-corrected chi connectivity index (χ0v) is 12.7. The Kier molecular flexibility index (Phi) is 3.68. The first kappa shape index (κ1) is 14.1. The van der Waals surface area contributed by atoms with Crippen LogP contribution in [0.4, 0.5) is 5.95 Å². The number of aliphatic hydroxyl groups is 1. The minimum absolute atomic E-state index is 0.130. The summed E-state index contributed by atoms with van der Waals surface area (Å²) in [7, 11) is 0. The molecule has 5 nitrogen and oxygen atoms in total. The number of aliphatic hydroxyl groups excluding tert-OH is 1. The molecule has 1 aliphatic heterocycles. The first-order valence-corrected chi connectivity index (χ1v) is 7.51. The summed E-state index contributed by atoms with van der Waals surface area (Å²) in [6.07, 6.45) is 0.961. The van der Waals surface area contributed by atoms with Crippen molar-refractivity contribution in [2.75, 3.05) is 5.32 Å². The SMILES string of the molecule is CC(C)c1ccc([C@@H]2C[C@@H](C)Nc3nc(CO)nn32)cc1. The van der Waals surface area contributed by atoms with E-state index in [1.807, 2.05) is 4.68 Å². The molecule has 5 heteroatoms. The van der Waals surface area contributed by atoms with E-state index in [9.17, 15) is 5.11 Å². The molecular weight excluding hydrogens is 264 g/mol. The molecule has 2 heterocycles. The minimum Gasteiger partial charge on any atom is -0.388 e. The van der Waals surface area contributed by atoms with Crippen LogP contribution in [0.2, 0.25) is 0 Å². The van der Waals surface area contributed by atoms with Crippen LogP contribution >= 0.6 is 0 Å². The number of fused-ring (bicyclic) bond motifs is 1. The van der Waals surface area contributed by atoms with Crippen LogP contribution in [-0.4, -0.2) is 25.9 Å². The minimum atomic E-state index is -0.130. The number of hydrogen-bond acceptors (Lipinski definition) is 4. The average molecular weight is 286 g/mol. The molecule has 3 rings (SSSR count). The van der Waals surface area contributed by atoms with E-state index in [2.05, 4.69) is 60.4 Å². The smallest absolute Gasteiger partial charge is 0.222 e. The number of benzene rings is 1. The summed E-state index contributed by atoms with van der Waals surface area (Å²) in [6.45, 7) is 6.41. The highest BCUT2D eigenvalue weighted by Crippen LogP contribution is 2.31. The summed E-state index contributed by atoms with van der Waals surface area (Å²) in [6, 6.07) is 9.25. The van der Waals surface area contributed by atoms with Crippen LogP contribution in [0.3, 0.4) is 0 Å². The molecule has 2 atom stereocenters. The van der Waals surface area contributed by atoms with Gasteiger partial charge in [-0.2, -0.15) is 10.1 Å². The highest BCUT2D eigenvalue weighted by molar-refractivity contribution is 5.35. The van der Waals surface area contributed by atoms with Crippen LogP contribution in [-0.2, 0) is 6.61 Å². The molecule has 0 saturated heterocycles. The Bertz CT molecular complexity index is 618. The molecule has 2 N–H and O–H groups in total. The molecular formula is C16H22N4O. The van der Waals surface area contributed by atoms with Gasteiger partial charge in [-0.25, -0.2) is 4.68 Å². The average Bonchev–Trinajstić information content (AvgIpc) is 2.89. The lowest BCUT2D eigenvalue weighted by molar-refractivity contribution is 0.270. The number of hydrogen-bond donors (Lipinski definition) is 2. The quantitative estimate of drug-likeness (QED) is 0.910. The van der Waals surface area contributed by atoms with Gasteiger partial charge in [-0.15, -0.1) is 0 Å². The maximum absolute atomic E-state index is 9.24. The maximum Gasteiger partial charge on any atom is 0.222 e. The second-order valence-electron chi connectivity index (χ2n) is 6.07. The highest BCUT2D eigenvalue weighted by Gasteiger charge is 2.28. The lowest BCUT2D eigenvalue weighted by atomic mass is 9.95. The Morgan fingerprint density at radius 1 is 1.33 bits per heavy atom. The van der Waals surface area contributed by atoms with E-state index in [-0.39, 0.29) is 12.6 Å². The first-order chi connectivity index (χ1) is 10.1. The van der Waals surface area contributed by atoms with E-state index < -0.39 is 0 Å². The van der Waals surface area contributed by atoms with Gasteiger partial charge < -0.3 is 10.4 Å². The molecule has 2 aromatic rings. The first-order valence-electron chi connectivity index (χ1n) is 7.51. The van der Waals surface area contributed by atoms with E-state index in [1.54, 1.807) is 0 Å². The zero-order valence-electron chi connectivity index (χ0n) is 12.7.